The minimum absolute atomic E-state index is 0.186. The maximum absolute atomic E-state index is 6.39. The van der Waals surface area contributed by atoms with Gasteiger partial charge >= 0.3 is 0 Å². The van der Waals surface area contributed by atoms with Crippen molar-refractivity contribution in [1.29, 1.82) is 0 Å². The first-order valence-electron chi connectivity index (χ1n) is 7.55. The maximum atomic E-state index is 6.39. The number of nitrogens with zero attached hydrogens (tertiary/aromatic N) is 1. The summed E-state index contributed by atoms with van der Waals surface area (Å²) in [6.45, 7) is 8.86. The van der Waals surface area contributed by atoms with Crippen LogP contribution in [0.4, 0.5) is 0 Å². The number of hydrogen-bond donors (Lipinski definition) is 1. The van der Waals surface area contributed by atoms with Crippen LogP contribution in [0.3, 0.4) is 0 Å². The zero-order valence-corrected chi connectivity index (χ0v) is 13.2. The summed E-state index contributed by atoms with van der Waals surface area (Å²) in [5.41, 5.74) is 9.05. The third-order valence-electron chi connectivity index (χ3n) is 4.10. The fourth-order valence-electron chi connectivity index (χ4n) is 2.76. The Kier molecular flexibility index (Phi) is 6.53. The van der Waals surface area contributed by atoms with E-state index in [1.807, 2.05) is 0 Å². The second-order valence-corrected chi connectivity index (χ2v) is 5.73. The summed E-state index contributed by atoms with van der Waals surface area (Å²) in [5.74, 6) is 0. The molecule has 3 atom stereocenters. The van der Waals surface area contributed by atoms with Crippen LogP contribution in [0.5, 0.6) is 0 Å². The van der Waals surface area contributed by atoms with E-state index in [9.17, 15) is 0 Å². The quantitative estimate of drug-likeness (QED) is 0.807. The minimum atomic E-state index is 0.186. The number of rotatable bonds is 7. The predicted octanol–water partition coefficient (Wildman–Crippen LogP) is 3.89. The van der Waals surface area contributed by atoms with Gasteiger partial charge in [-0.3, -0.25) is 4.90 Å². The molecule has 0 aliphatic rings. The smallest absolute Gasteiger partial charge is 0.0498 e. The van der Waals surface area contributed by atoms with Crippen molar-refractivity contribution < 1.29 is 0 Å². The molecule has 2 N–H and O–H groups in total. The first-order valence-corrected chi connectivity index (χ1v) is 7.55. The molecule has 2 nitrogen and oxygen atoms in total. The zero-order chi connectivity index (χ0) is 14.4. The normalized spacial score (nSPS) is 16.4. The average molecular weight is 262 g/mol. The van der Waals surface area contributed by atoms with Crippen molar-refractivity contribution in [1.82, 2.24) is 4.90 Å². The molecular weight excluding hydrogens is 232 g/mol. The van der Waals surface area contributed by atoms with Gasteiger partial charge < -0.3 is 5.73 Å². The summed E-state index contributed by atoms with van der Waals surface area (Å²) in [6.07, 6.45) is 3.43. The lowest BCUT2D eigenvalue weighted by Gasteiger charge is -2.37. The van der Waals surface area contributed by atoms with Gasteiger partial charge in [0.1, 0.15) is 0 Å². The molecule has 0 fully saturated rings. The second kappa shape index (κ2) is 7.66. The molecule has 0 amide bonds. The summed E-state index contributed by atoms with van der Waals surface area (Å²) < 4.78 is 0. The SMILES string of the molecule is CCCC(C)N(C)C(c1cccc(C)c1)C(N)CC. The van der Waals surface area contributed by atoms with Gasteiger partial charge in [-0.1, -0.05) is 50.1 Å². The Hall–Kier alpha value is -0.860. The molecule has 108 valence electrons. The monoisotopic (exact) mass is 262 g/mol. The molecule has 0 aromatic heterocycles. The lowest BCUT2D eigenvalue weighted by molar-refractivity contribution is 0.151. The van der Waals surface area contributed by atoms with Crippen LogP contribution in [-0.2, 0) is 0 Å². The van der Waals surface area contributed by atoms with Gasteiger partial charge in [0.2, 0.25) is 0 Å². The van der Waals surface area contributed by atoms with Crippen LogP contribution in [0.15, 0.2) is 24.3 Å². The van der Waals surface area contributed by atoms with E-state index in [0.29, 0.717) is 12.1 Å². The Morgan fingerprint density at radius 3 is 2.47 bits per heavy atom. The van der Waals surface area contributed by atoms with E-state index < -0.39 is 0 Å². The van der Waals surface area contributed by atoms with Crippen LogP contribution in [0.25, 0.3) is 0 Å². The van der Waals surface area contributed by atoms with E-state index in [1.54, 1.807) is 0 Å². The fourth-order valence-corrected chi connectivity index (χ4v) is 2.76. The summed E-state index contributed by atoms with van der Waals surface area (Å²) in [4.78, 5) is 2.45. The van der Waals surface area contributed by atoms with Crippen molar-refractivity contribution in [2.45, 2.75) is 65.1 Å². The molecule has 1 rings (SSSR count). The Balaban J connectivity index is 3.01. The zero-order valence-electron chi connectivity index (χ0n) is 13.2. The Morgan fingerprint density at radius 1 is 1.26 bits per heavy atom. The van der Waals surface area contributed by atoms with Crippen molar-refractivity contribution in [3.63, 3.8) is 0 Å². The third-order valence-corrected chi connectivity index (χ3v) is 4.10. The number of benzene rings is 1. The maximum Gasteiger partial charge on any atom is 0.0498 e. The first-order chi connectivity index (χ1) is 9.01. The lowest BCUT2D eigenvalue weighted by Crippen LogP contribution is -2.42. The minimum Gasteiger partial charge on any atom is -0.326 e. The van der Waals surface area contributed by atoms with E-state index in [2.05, 4.69) is 63.9 Å². The molecule has 0 spiro atoms. The Bertz CT molecular complexity index is 375. The molecule has 3 unspecified atom stereocenters. The van der Waals surface area contributed by atoms with Crippen molar-refractivity contribution in [3.8, 4) is 0 Å². The van der Waals surface area contributed by atoms with Gasteiger partial charge in [-0.15, -0.1) is 0 Å². The van der Waals surface area contributed by atoms with Gasteiger partial charge in [0.25, 0.3) is 0 Å². The van der Waals surface area contributed by atoms with Gasteiger partial charge in [-0.25, -0.2) is 0 Å². The topological polar surface area (TPSA) is 29.3 Å². The van der Waals surface area contributed by atoms with E-state index in [4.69, 9.17) is 5.73 Å². The van der Waals surface area contributed by atoms with Crippen LogP contribution >= 0.6 is 0 Å². The molecule has 0 bridgehead atoms. The molecule has 0 saturated carbocycles. The van der Waals surface area contributed by atoms with Crippen molar-refractivity contribution >= 4 is 0 Å². The highest BCUT2D eigenvalue weighted by atomic mass is 15.2. The molecule has 0 heterocycles. The molecule has 0 aliphatic heterocycles. The van der Waals surface area contributed by atoms with Crippen LogP contribution in [0.1, 0.15) is 57.2 Å². The molecule has 0 saturated heterocycles. The van der Waals surface area contributed by atoms with E-state index in [1.165, 1.54) is 24.0 Å². The summed E-state index contributed by atoms with van der Waals surface area (Å²) in [5, 5.41) is 0. The van der Waals surface area contributed by atoms with Crippen molar-refractivity contribution in [2.24, 2.45) is 5.73 Å². The lowest BCUT2D eigenvalue weighted by atomic mass is 9.94. The summed E-state index contributed by atoms with van der Waals surface area (Å²) in [6, 6.07) is 9.83. The number of aryl methyl sites for hydroxylation is 1. The van der Waals surface area contributed by atoms with Gasteiger partial charge in [0.05, 0.1) is 0 Å². The molecule has 19 heavy (non-hydrogen) atoms. The highest BCUT2D eigenvalue weighted by Crippen LogP contribution is 2.27. The van der Waals surface area contributed by atoms with Crippen LogP contribution in [-0.4, -0.2) is 24.0 Å². The van der Waals surface area contributed by atoms with Crippen LogP contribution in [0.2, 0.25) is 0 Å². The average Bonchev–Trinajstić information content (AvgIpc) is 2.39. The number of nitrogens with two attached hydrogens (primary N) is 1. The Morgan fingerprint density at radius 2 is 1.95 bits per heavy atom. The fraction of sp³-hybridized carbons (Fsp3) is 0.647. The molecule has 0 aliphatic carbocycles. The van der Waals surface area contributed by atoms with Crippen molar-refractivity contribution in [3.05, 3.63) is 35.4 Å². The van der Waals surface area contributed by atoms with Crippen LogP contribution in [0, 0.1) is 6.92 Å². The van der Waals surface area contributed by atoms with E-state index >= 15 is 0 Å². The van der Waals surface area contributed by atoms with Gasteiger partial charge in [-0.05, 0) is 39.3 Å². The highest BCUT2D eigenvalue weighted by molar-refractivity contribution is 5.26. The Labute approximate surface area is 119 Å². The predicted molar refractivity (Wildman–Crippen MR) is 84.3 cm³/mol. The second-order valence-electron chi connectivity index (χ2n) is 5.73. The molecule has 1 aromatic rings. The molecule has 1 aromatic carbocycles. The summed E-state index contributed by atoms with van der Waals surface area (Å²) >= 11 is 0. The summed E-state index contributed by atoms with van der Waals surface area (Å²) in [7, 11) is 2.21. The first kappa shape index (κ1) is 16.2. The molecule has 2 heteroatoms. The number of hydrogen-bond acceptors (Lipinski definition) is 2. The van der Waals surface area contributed by atoms with E-state index in [0.717, 1.165) is 6.42 Å². The molecule has 0 radical (unpaired) electrons. The highest BCUT2D eigenvalue weighted by Gasteiger charge is 2.25. The van der Waals surface area contributed by atoms with Crippen molar-refractivity contribution in [2.75, 3.05) is 7.05 Å². The van der Waals surface area contributed by atoms with E-state index in [-0.39, 0.29) is 6.04 Å². The molecular formula is C17H30N2. The van der Waals surface area contributed by atoms with Gasteiger partial charge in [0.15, 0.2) is 0 Å². The number of likely N-dealkylation sites (N-methyl/N-ethyl adjacent to an activating group) is 1. The van der Waals surface area contributed by atoms with Gasteiger partial charge in [-0.2, -0.15) is 0 Å². The van der Waals surface area contributed by atoms with Crippen LogP contribution < -0.4 is 5.73 Å². The van der Waals surface area contributed by atoms with Gasteiger partial charge in [0, 0.05) is 18.1 Å². The largest absolute Gasteiger partial charge is 0.326 e. The standard InChI is InChI=1S/C17H30N2/c1-6-9-14(4)19(5)17(16(18)7-2)15-11-8-10-13(3)12-15/h8,10-12,14,16-17H,6-7,9,18H2,1-5H3. The third kappa shape index (κ3) is 4.32.